The van der Waals surface area contributed by atoms with Crippen LogP contribution >= 0.6 is 0 Å². The highest BCUT2D eigenvalue weighted by atomic mass is 16.3. The number of hydrogen-bond acceptors (Lipinski definition) is 2. The predicted molar refractivity (Wildman–Crippen MR) is 99.3 cm³/mol. The molecule has 2 heteroatoms. The van der Waals surface area contributed by atoms with Gasteiger partial charge in [0.25, 0.3) is 0 Å². The van der Waals surface area contributed by atoms with Crippen LogP contribution in [0.4, 0.5) is 0 Å². The Morgan fingerprint density at radius 1 is 0.917 bits per heavy atom. The maximum Gasteiger partial charge on any atom is 0.116 e. The summed E-state index contributed by atoms with van der Waals surface area (Å²) in [6, 6.07) is 14.0. The summed E-state index contributed by atoms with van der Waals surface area (Å²) in [6.07, 6.45) is 2.44. The van der Waals surface area contributed by atoms with E-state index in [-0.39, 0.29) is 5.41 Å². The molecule has 0 amide bonds. The lowest BCUT2D eigenvalue weighted by Crippen LogP contribution is -2.28. The highest BCUT2D eigenvalue weighted by Crippen LogP contribution is 2.49. The highest BCUT2D eigenvalue weighted by Gasteiger charge is 2.37. The molecule has 0 heterocycles. The molecule has 2 aromatic carbocycles. The Morgan fingerprint density at radius 2 is 1.50 bits per heavy atom. The smallest absolute Gasteiger partial charge is 0.116 e. The lowest BCUT2D eigenvalue weighted by atomic mass is 9.65. The quantitative estimate of drug-likeness (QED) is 0.757. The van der Waals surface area contributed by atoms with E-state index in [1.807, 2.05) is 50.3 Å². The lowest BCUT2D eigenvalue weighted by Gasteiger charge is -2.38. The van der Waals surface area contributed by atoms with E-state index in [0.717, 1.165) is 16.7 Å². The van der Waals surface area contributed by atoms with E-state index in [2.05, 4.69) is 26.0 Å². The van der Waals surface area contributed by atoms with Crippen molar-refractivity contribution in [3.8, 4) is 5.75 Å². The molecule has 2 N–H and O–H groups in total. The summed E-state index contributed by atoms with van der Waals surface area (Å²) in [5, 5.41) is 20.2. The van der Waals surface area contributed by atoms with Gasteiger partial charge in [0.2, 0.25) is 0 Å². The summed E-state index contributed by atoms with van der Waals surface area (Å²) in [5.74, 6) is 0.708. The van der Waals surface area contributed by atoms with Crippen LogP contribution in [0.5, 0.6) is 5.75 Å². The minimum atomic E-state index is -0.309. The van der Waals surface area contributed by atoms with E-state index in [9.17, 15) is 10.2 Å². The van der Waals surface area contributed by atoms with Gasteiger partial charge in [-0.3, -0.25) is 0 Å². The fraction of sp³-hybridized carbons (Fsp3) is 0.273. The van der Waals surface area contributed by atoms with Crippen molar-refractivity contribution >= 4 is 5.57 Å². The Labute approximate surface area is 143 Å². The zero-order valence-corrected chi connectivity index (χ0v) is 14.7. The van der Waals surface area contributed by atoms with E-state index in [0.29, 0.717) is 17.9 Å². The molecule has 2 aromatic rings. The van der Waals surface area contributed by atoms with Crippen molar-refractivity contribution in [1.82, 2.24) is 0 Å². The summed E-state index contributed by atoms with van der Waals surface area (Å²) in [5.41, 5.74) is 6.45. The summed E-state index contributed by atoms with van der Waals surface area (Å²) in [7, 11) is 0. The Hall–Kier alpha value is -2.48. The SMILES string of the molecule is CC1=C(c2c(C)cc(O)cc2C)C(C)(c2ccccc2)CC(O)=C1. The summed E-state index contributed by atoms with van der Waals surface area (Å²) in [6.45, 7) is 8.31. The molecule has 2 nitrogen and oxygen atoms in total. The van der Waals surface area contributed by atoms with Crippen molar-refractivity contribution in [3.63, 3.8) is 0 Å². The molecule has 0 bridgehead atoms. The first-order chi connectivity index (χ1) is 11.3. The molecule has 0 spiro atoms. The molecule has 1 unspecified atom stereocenters. The van der Waals surface area contributed by atoms with Crippen LogP contribution in [-0.4, -0.2) is 10.2 Å². The number of aliphatic hydroxyl groups is 1. The Kier molecular flexibility index (Phi) is 4.00. The van der Waals surface area contributed by atoms with Gasteiger partial charge in [-0.1, -0.05) is 37.3 Å². The molecule has 0 saturated carbocycles. The fourth-order valence-corrected chi connectivity index (χ4v) is 4.12. The maximum atomic E-state index is 10.3. The van der Waals surface area contributed by atoms with Gasteiger partial charge in [-0.05, 0) is 72.4 Å². The largest absolute Gasteiger partial charge is 0.512 e. The Morgan fingerprint density at radius 3 is 2.08 bits per heavy atom. The van der Waals surface area contributed by atoms with Crippen molar-refractivity contribution in [2.45, 2.75) is 39.5 Å². The molecule has 124 valence electrons. The molecule has 3 rings (SSSR count). The summed E-state index contributed by atoms with van der Waals surface area (Å²) in [4.78, 5) is 0. The van der Waals surface area contributed by atoms with Gasteiger partial charge >= 0.3 is 0 Å². The molecule has 0 aliphatic heterocycles. The topological polar surface area (TPSA) is 40.5 Å². The van der Waals surface area contributed by atoms with Gasteiger partial charge in [-0.15, -0.1) is 0 Å². The van der Waals surface area contributed by atoms with Crippen molar-refractivity contribution in [3.05, 3.63) is 82.1 Å². The van der Waals surface area contributed by atoms with Crippen LogP contribution in [-0.2, 0) is 5.41 Å². The van der Waals surface area contributed by atoms with Crippen LogP contribution in [0.15, 0.2) is 59.9 Å². The zero-order valence-electron chi connectivity index (χ0n) is 14.7. The second-order valence-corrected chi connectivity index (χ2v) is 7.02. The number of aromatic hydroxyl groups is 1. The molecule has 0 aromatic heterocycles. The number of phenols is 1. The van der Waals surface area contributed by atoms with E-state index in [1.165, 1.54) is 16.7 Å². The van der Waals surface area contributed by atoms with Crippen LogP contribution in [0, 0.1) is 13.8 Å². The van der Waals surface area contributed by atoms with Gasteiger partial charge in [-0.2, -0.15) is 0 Å². The fourth-order valence-electron chi connectivity index (χ4n) is 4.12. The standard InChI is InChI=1S/C22H24O2/c1-14-10-18(23)11-15(2)20(14)21-16(3)12-19(24)13-22(21,4)17-8-6-5-7-9-17/h5-12,23-24H,13H2,1-4H3. The minimum absolute atomic E-state index is 0.294. The van der Waals surface area contributed by atoms with Gasteiger partial charge in [0.1, 0.15) is 5.75 Å². The van der Waals surface area contributed by atoms with Crippen molar-refractivity contribution in [2.75, 3.05) is 0 Å². The number of hydrogen-bond donors (Lipinski definition) is 2. The van der Waals surface area contributed by atoms with Crippen LogP contribution in [0.2, 0.25) is 0 Å². The number of aryl methyl sites for hydroxylation is 2. The van der Waals surface area contributed by atoms with Gasteiger partial charge in [0.05, 0.1) is 5.76 Å². The molecular weight excluding hydrogens is 296 g/mol. The van der Waals surface area contributed by atoms with Gasteiger partial charge in [-0.25, -0.2) is 0 Å². The monoisotopic (exact) mass is 320 g/mol. The van der Waals surface area contributed by atoms with Gasteiger partial charge < -0.3 is 10.2 Å². The van der Waals surface area contributed by atoms with Crippen LogP contribution in [0.25, 0.3) is 5.57 Å². The first kappa shape index (κ1) is 16.4. The number of phenolic OH excluding ortho intramolecular Hbond substituents is 1. The number of aliphatic hydroxyl groups excluding tert-OH is 1. The van der Waals surface area contributed by atoms with Crippen molar-refractivity contribution in [1.29, 1.82) is 0 Å². The maximum absolute atomic E-state index is 10.3. The average Bonchev–Trinajstić information content (AvgIpc) is 2.50. The lowest BCUT2D eigenvalue weighted by molar-refractivity contribution is 0.355. The minimum Gasteiger partial charge on any atom is -0.512 e. The van der Waals surface area contributed by atoms with Crippen molar-refractivity contribution in [2.24, 2.45) is 0 Å². The first-order valence-electron chi connectivity index (χ1n) is 8.30. The second-order valence-electron chi connectivity index (χ2n) is 7.02. The zero-order chi connectivity index (χ0) is 17.5. The molecule has 1 aliphatic carbocycles. The molecule has 0 fully saturated rings. The third kappa shape index (κ3) is 2.62. The Bertz CT molecular complexity index is 821. The van der Waals surface area contributed by atoms with Crippen molar-refractivity contribution < 1.29 is 10.2 Å². The highest BCUT2D eigenvalue weighted by molar-refractivity contribution is 5.84. The first-order valence-corrected chi connectivity index (χ1v) is 8.30. The Balaban J connectivity index is 2.32. The van der Waals surface area contributed by atoms with E-state index in [1.54, 1.807) is 0 Å². The van der Waals surface area contributed by atoms with Gasteiger partial charge in [0, 0.05) is 11.8 Å². The van der Waals surface area contributed by atoms with E-state index in [4.69, 9.17) is 0 Å². The van der Waals surface area contributed by atoms with Gasteiger partial charge in [0.15, 0.2) is 0 Å². The third-order valence-electron chi connectivity index (χ3n) is 5.04. The summed E-state index contributed by atoms with van der Waals surface area (Å²) >= 11 is 0. The van der Waals surface area contributed by atoms with E-state index >= 15 is 0 Å². The van der Waals surface area contributed by atoms with Crippen LogP contribution in [0.3, 0.4) is 0 Å². The van der Waals surface area contributed by atoms with Crippen LogP contribution in [0.1, 0.15) is 42.5 Å². The third-order valence-corrected chi connectivity index (χ3v) is 5.04. The van der Waals surface area contributed by atoms with E-state index < -0.39 is 0 Å². The predicted octanol–water partition coefficient (Wildman–Crippen LogP) is 5.59. The molecule has 1 aliphatic rings. The molecule has 0 saturated heterocycles. The number of rotatable bonds is 2. The molecule has 1 atom stereocenters. The second kappa shape index (κ2) is 5.86. The normalized spacial score (nSPS) is 20.9. The molecule has 0 radical (unpaired) electrons. The summed E-state index contributed by atoms with van der Waals surface area (Å²) < 4.78 is 0. The number of benzene rings is 2. The molecule has 24 heavy (non-hydrogen) atoms. The molecular formula is C22H24O2. The van der Waals surface area contributed by atoms with Crippen LogP contribution < -0.4 is 0 Å². The number of allylic oxidation sites excluding steroid dienone is 4. The average molecular weight is 320 g/mol.